The molecule has 1 atom stereocenters. The number of rotatable bonds is 4. The highest BCUT2D eigenvalue weighted by atomic mass is 32.1. The number of nitriles is 1. The van der Waals surface area contributed by atoms with Crippen molar-refractivity contribution in [3.8, 4) is 6.07 Å². The van der Waals surface area contributed by atoms with Gasteiger partial charge in [0.15, 0.2) is 0 Å². The van der Waals surface area contributed by atoms with Gasteiger partial charge in [0.2, 0.25) is 0 Å². The van der Waals surface area contributed by atoms with E-state index < -0.39 is 0 Å². The first kappa shape index (κ1) is 12.7. The van der Waals surface area contributed by atoms with Crippen LogP contribution in [0, 0.1) is 17.1 Å². The lowest BCUT2D eigenvalue weighted by molar-refractivity contribution is 0.575. The van der Waals surface area contributed by atoms with Crippen LogP contribution >= 0.6 is 11.3 Å². The van der Waals surface area contributed by atoms with E-state index >= 15 is 0 Å². The lowest BCUT2D eigenvalue weighted by atomic mass is 10.1. The van der Waals surface area contributed by atoms with Crippen molar-refractivity contribution in [3.05, 3.63) is 57.5 Å². The first-order valence-electron chi connectivity index (χ1n) is 5.66. The summed E-state index contributed by atoms with van der Waals surface area (Å²) in [5.74, 6) is -0.220. The van der Waals surface area contributed by atoms with Crippen molar-refractivity contribution >= 4 is 11.3 Å². The molecule has 1 N–H and O–H groups in total. The summed E-state index contributed by atoms with van der Waals surface area (Å²) in [6.45, 7) is 2.75. The predicted molar refractivity (Wildman–Crippen MR) is 70.7 cm³/mol. The third-order valence-electron chi connectivity index (χ3n) is 2.72. The van der Waals surface area contributed by atoms with Crippen LogP contribution in [0.15, 0.2) is 36.4 Å². The Morgan fingerprint density at radius 3 is 2.61 bits per heavy atom. The third kappa shape index (κ3) is 3.16. The standard InChI is InChI=1S/C14H13FN2S/c1-10(11-2-4-12(15)5-3-11)17-9-14-7-6-13(8-16)18-14/h2-7,10,17H,9H2,1H3/t10-/m0/s1. The van der Waals surface area contributed by atoms with Gasteiger partial charge in [0.1, 0.15) is 16.8 Å². The molecule has 0 spiro atoms. The van der Waals surface area contributed by atoms with Crippen LogP contribution < -0.4 is 5.32 Å². The van der Waals surface area contributed by atoms with Crippen LogP contribution in [0.25, 0.3) is 0 Å². The van der Waals surface area contributed by atoms with E-state index in [1.54, 1.807) is 12.1 Å². The van der Waals surface area contributed by atoms with Gasteiger partial charge in [-0.2, -0.15) is 5.26 Å². The van der Waals surface area contributed by atoms with Gasteiger partial charge >= 0.3 is 0 Å². The molecular formula is C14H13FN2S. The molecule has 2 nitrogen and oxygen atoms in total. The van der Waals surface area contributed by atoms with E-state index in [1.807, 2.05) is 19.1 Å². The fourth-order valence-electron chi connectivity index (χ4n) is 1.66. The van der Waals surface area contributed by atoms with Gasteiger partial charge < -0.3 is 5.32 Å². The smallest absolute Gasteiger partial charge is 0.123 e. The number of nitrogens with one attached hydrogen (secondary N) is 1. The van der Waals surface area contributed by atoms with Crippen molar-refractivity contribution in [2.45, 2.75) is 19.5 Å². The largest absolute Gasteiger partial charge is 0.305 e. The van der Waals surface area contributed by atoms with Gasteiger partial charge in [-0.1, -0.05) is 12.1 Å². The number of nitrogens with zero attached hydrogens (tertiary/aromatic N) is 1. The summed E-state index contributed by atoms with van der Waals surface area (Å²) in [7, 11) is 0. The Morgan fingerprint density at radius 1 is 1.28 bits per heavy atom. The monoisotopic (exact) mass is 260 g/mol. The molecule has 0 aliphatic heterocycles. The molecule has 0 radical (unpaired) electrons. The van der Waals surface area contributed by atoms with E-state index in [1.165, 1.54) is 23.5 Å². The number of benzene rings is 1. The Labute approximate surface area is 110 Å². The van der Waals surface area contributed by atoms with Crippen LogP contribution in [0.4, 0.5) is 4.39 Å². The minimum Gasteiger partial charge on any atom is -0.305 e. The molecule has 4 heteroatoms. The summed E-state index contributed by atoms with van der Waals surface area (Å²) in [6, 6.07) is 12.5. The summed E-state index contributed by atoms with van der Waals surface area (Å²) >= 11 is 1.49. The normalized spacial score (nSPS) is 12.1. The Hall–Kier alpha value is -1.70. The summed E-state index contributed by atoms with van der Waals surface area (Å²) in [6.07, 6.45) is 0. The second-order valence-electron chi connectivity index (χ2n) is 4.03. The molecular weight excluding hydrogens is 247 g/mol. The first-order chi connectivity index (χ1) is 8.69. The summed E-state index contributed by atoms with van der Waals surface area (Å²) in [4.78, 5) is 1.85. The van der Waals surface area contributed by atoms with Crippen molar-refractivity contribution in [1.29, 1.82) is 5.26 Å². The molecule has 0 saturated carbocycles. The fraction of sp³-hybridized carbons (Fsp3) is 0.214. The van der Waals surface area contributed by atoms with Crippen molar-refractivity contribution in [1.82, 2.24) is 5.32 Å². The highest BCUT2D eigenvalue weighted by molar-refractivity contribution is 7.12. The van der Waals surface area contributed by atoms with Gasteiger partial charge in [-0.05, 0) is 36.8 Å². The molecule has 1 aromatic heterocycles. The molecule has 2 rings (SSSR count). The van der Waals surface area contributed by atoms with Crippen molar-refractivity contribution in [2.24, 2.45) is 0 Å². The van der Waals surface area contributed by atoms with Crippen LogP contribution in [0.1, 0.15) is 28.3 Å². The van der Waals surface area contributed by atoms with Crippen LogP contribution in [0.5, 0.6) is 0 Å². The number of halogens is 1. The molecule has 0 saturated heterocycles. The Kier molecular flexibility index (Phi) is 4.08. The lowest BCUT2D eigenvalue weighted by Crippen LogP contribution is -2.17. The van der Waals surface area contributed by atoms with Crippen LogP contribution in [0.2, 0.25) is 0 Å². The van der Waals surface area contributed by atoms with Gasteiger partial charge in [0.05, 0.1) is 0 Å². The molecule has 0 aliphatic rings. The van der Waals surface area contributed by atoms with Gasteiger partial charge in [-0.25, -0.2) is 4.39 Å². The van der Waals surface area contributed by atoms with E-state index in [0.29, 0.717) is 6.54 Å². The molecule has 0 unspecified atom stereocenters. The van der Waals surface area contributed by atoms with Gasteiger partial charge in [-0.3, -0.25) is 0 Å². The molecule has 0 amide bonds. The summed E-state index contributed by atoms with van der Waals surface area (Å²) in [5, 5.41) is 12.1. The zero-order chi connectivity index (χ0) is 13.0. The lowest BCUT2D eigenvalue weighted by Gasteiger charge is -2.13. The van der Waals surface area contributed by atoms with Crippen molar-refractivity contribution < 1.29 is 4.39 Å². The average molecular weight is 260 g/mol. The van der Waals surface area contributed by atoms with Crippen LogP contribution in [-0.4, -0.2) is 0 Å². The predicted octanol–water partition coefficient (Wildman–Crippen LogP) is 3.61. The Morgan fingerprint density at radius 2 is 2.00 bits per heavy atom. The zero-order valence-corrected chi connectivity index (χ0v) is 10.8. The second-order valence-corrected chi connectivity index (χ2v) is 5.20. The maximum Gasteiger partial charge on any atom is 0.123 e. The number of hydrogen-bond donors (Lipinski definition) is 1. The third-order valence-corrected chi connectivity index (χ3v) is 3.71. The van der Waals surface area contributed by atoms with E-state index in [-0.39, 0.29) is 11.9 Å². The van der Waals surface area contributed by atoms with Crippen LogP contribution in [0.3, 0.4) is 0 Å². The second kappa shape index (κ2) is 5.76. The molecule has 0 fully saturated rings. The SMILES string of the molecule is C[C@H](NCc1ccc(C#N)s1)c1ccc(F)cc1. The van der Waals surface area contributed by atoms with Gasteiger partial charge in [0.25, 0.3) is 0 Å². The Balaban J connectivity index is 1.94. The van der Waals surface area contributed by atoms with Crippen molar-refractivity contribution in [3.63, 3.8) is 0 Å². The quantitative estimate of drug-likeness (QED) is 0.911. The highest BCUT2D eigenvalue weighted by Gasteiger charge is 2.06. The van der Waals surface area contributed by atoms with Gasteiger partial charge in [0, 0.05) is 17.5 Å². The minimum atomic E-state index is -0.220. The molecule has 1 aromatic carbocycles. The number of hydrogen-bond acceptors (Lipinski definition) is 3. The number of thiophene rings is 1. The van der Waals surface area contributed by atoms with Gasteiger partial charge in [-0.15, -0.1) is 11.3 Å². The highest BCUT2D eigenvalue weighted by Crippen LogP contribution is 2.18. The van der Waals surface area contributed by atoms with E-state index in [0.717, 1.165) is 15.3 Å². The minimum absolute atomic E-state index is 0.151. The van der Waals surface area contributed by atoms with E-state index in [9.17, 15) is 4.39 Å². The topological polar surface area (TPSA) is 35.8 Å². The Bertz CT molecular complexity index is 554. The maximum atomic E-state index is 12.8. The maximum absolute atomic E-state index is 12.8. The summed E-state index contributed by atoms with van der Waals surface area (Å²) in [5.41, 5.74) is 1.05. The van der Waals surface area contributed by atoms with E-state index in [2.05, 4.69) is 11.4 Å². The molecule has 18 heavy (non-hydrogen) atoms. The molecule has 0 aliphatic carbocycles. The zero-order valence-electron chi connectivity index (χ0n) is 9.98. The molecule has 1 heterocycles. The van der Waals surface area contributed by atoms with E-state index in [4.69, 9.17) is 5.26 Å². The summed E-state index contributed by atoms with van der Waals surface area (Å²) < 4.78 is 12.8. The average Bonchev–Trinajstić information content (AvgIpc) is 2.85. The van der Waals surface area contributed by atoms with Crippen molar-refractivity contribution in [2.75, 3.05) is 0 Å². The van der Waals surface area contributed by atoms with Crippen LogP contribution in [-0.2, 0) is 6.54 Å². The molecule has 0 bridgehead atoms. The first-order valence-corrected chi connectivity index (χ1v) is 6.48. The molecule has 92 valence electrons. The fourth-order valence-corrected chi connectivity index (χ4v) is 2.41. The molecule has 2 aromatic rings.